The zero-order valence-electron chi connectivity index (χ0n) is 6.21. The number of hydrogen-bond donors (Lipinski definition) is 1. The number of carboxylic acid groups (broad SMARTS) is 1. The lowest BCUT2D eigenvalue weighted by molar-refractivity contribution is 0.0696. The van der Waals surface area contributed by atoms with Gasteiger partial charge in [-0.1, -0.05) is 0 Å². The molecule has 1 aromatic carbocycles. The monoisotopic (exact) mass is 291 g/mol. The third-order valence-corrected chi connectivity index (χ3v) is 2.02. The summed E-state index contributed by atoms with van der Waals surface area (Å²) in [6.45, 7) is 0. The Bertz CT molecular complexity index is 411. The van der Waals surface area contributed by atoms with Crippen molar-refractivity contribution >= 4 is 28.6 Å². The van der Waals surface area contributed by atoms with Crippen LogP contribution in [0, 0.1) is 20.7 Å². The van der Waals surface area contributed by atoms with Crippen molar-refractivity contribution < 1.29 is 14.3 Å². The van der Waals surface area contributed by atoms with Gasteiger partial charge < -0.3 is 5.11 Å². The fourth-order valence-electron chi connectivity index (χ4n) is 0.856. The molecule has 0 saturated heterocycles. The van der Waals surface area contributed by atoms with Gasteiger partial charge in [0.2, 0.25) is 0 Å². The topological polar surface area (TPSA) is 61.1 Å². The van der Waals surface area contributed by atoms with Crippen LogP contribution < -0.4 is 0 Å². The molecule has 0 unspecified atom stereocenters. The molecular weight excluding hydrogens is 288 g/mol. The number of hydrogen-bond acceptors (Lipinski definition) is 2. The molecule has 66 valence electrons. The van der Waals surface area contributed by atoms with Crippen LogP contribution in [0.25, 0.3) is 0 Å². The largest absolute Gasteiger partial charge is 0.478 e. The van der Waals surface area contributed by atoms with E-state index in [4.69, 9.17) is 10.4 Å². The molecular formula is C8H3FINO2. The van der Waals surface area contributed by atoms with Crippen LogP contribution in [-0.2, 0) is 0 Å². The van der Waals surface area contributed by atoms with Crippen LogP contribution in [0.15, 0.2) is 12.1 Å². The van der Waals surface area contributed by atoms with Gasteiger partial charge in [-0.15, -0.1) is 0 Å². The van der Waals surface area contributed by atoms with Crippen molar-refractivity contribution in [1.29, 1.82) is 5.26 Å². The summed E-state index contributed by atoms with van der Waals surface area (Å²) in [5.41, 5.74) is -0.722. The Morgan fingerprint density at radius 1 is 1.62 bits per heavy atom. The number of carboxylic acids is 1. The summed E-state index contributed by atoms with van der Waals surface area (Å²) in [4.78, 5) is 10.6. The number of carbonyl (C=O) groups is 1. The minimum absolute atomic E-state index is 0.299. The van der Waals surface area contributed by atoms with E-state index in [1.807, 2.05) is 0 Å². The number of nitrogens with zero attached hydrogens (tertiary/aromatic N) is 1. The second-order valence-corrected chi connectivity index (χ2v) is 3.47. The first-order valence-electron chi connectivity index (χ1n) is 3.18. The van der Waals surface area contributed by atoms with Gasteiger partial charge in [0.05, 0.1) is 5.56 Å². The molecule has 0 aliphatic carbocycles. The van der Waals surface area contributed by atoms with Gasteiger partial charge in [0.25, 0.3) is 0 Å². The van der Waals surface area contributed by atoms with Crippen LogP contribution in [0.3, 0.4) is 0 Å². The van der Waals surface area contributed by atoms with Crippen molar-refractivity contribution in [1.82, 2.24) is 0 Å². The maximum atomic E-state index is 13.0. The number of halogens is 2. The summed E-state index contributed by atoms with van der Waals surface area (Å²) >= 11 is 1.78. The predicted octanol–water partition coefficient (Wildman–Crippen LogP) is 2.00. The second-order valence-electron chi connectivity index (χ2n) is 2.23. The first-order valence-corrected chi connectivity index (χ1v) is 4.26. The molecule has 0 heterocycles. The van der Waals surface area contributed by atoms with E-state index >= 15 is 0 Å². The number of nitriles is 1. The van der Waals surface area contributed by atoms with Gasteiger partial charge in [0, 0.05) is 3.57 Å². The van der Waals surface area contributed by atoms with Crippen molar-refractivity contribution in [3.8, 4) is 6.07 Å². The predicted molar refractivity (Wildman–Crippen MR) is 50.8 cm³/mol. The lowest BCUT2D eigenvalue weighted by atomic mass is 10.1. The smallest absolute Gasteiger partial charge is 0.337 e. The van der Waals surface area contributed by atoms with E-state index in [1.165, 1.54) is 12.1 Å². The molecule has 0 aliphatic heterocycles. The molecule has 0 fully saturated rings. The van der Waals surface area contributed by atoms with Gasteiger partial charge in [0.1, 0.15) is 17.4 Å². The zero-order valence-corrected chi connectivity index (χ0v) is 8.37. The van der Waals surface area contributed by atoms with Crippen molar-refractivity contribution in [2.24, 2.45) is 0 Å². The Morgan fingerprint density at radius 3 is 2.69 bits per heavy atom. The van der Waals surface area contributed by atoms with Crippen LogP contribution in [0.2, 0.25) is 0 Å². The second kappa shape index (κ2) is 3.70. The lowest BCUT2D eigenvalue weighted by Crippen LogP contribution is -2.03. The summed E-state index contributed by atoms with van der Waals surface area (Å²) in [7, 11) is 0. The average molecular weight is 291 g/mol. The normalized spacial score (nSPS) is 9.31. The minimum Gasteiger partial charge on any atom is -0.478 e. The fraction of sp³-hybridized carbons (Fsp3) is 0. The van der Waals surface area contributed by atoms with E-state index < -0.39 is 17.3 Å². The summed E-state index contributed by atoms with van der Waals surface area (Å²) in [5.74, 6) is -2.10. The average Bonchev–Trinajstić information content (AvgIpc) is 2.02. The molecule has 0 spiro atoms. The number of rotatable bonds is 1. The van der Waals surface area contributed by atoms with Crippen molar-refractivity contribution in [2.75, 3.05) is 0 Å². The highest BCUT2D eigenvalue weighted by Gasteiger charge is 2.15. The van der Waals surface area contributed by atoms with E-state index in [0.29, 0.717) is 3.57 Å². The molecule has 1 rings (SSSR count). The Kier molecular flexibility index (Phi) is 2.83. The van der Waals surface area contributed by atoms with E-state index in [0.717, 1.165) is 6.07 Å². The first-order chi connectivity index (χ1) is 6.06. The van der Waals surface area contributed by atoms with Gasteiger partial charge >= 0.3 is 5.97 Å². The Balaban J connectivity index is 3.50. The van der Waals surface area contributed by atoms with Gasteiger partial charge in [-0.2, -0.15) is 5.26 Å². The Hall–Kier alpha value is -1.16. The summed E-state index contributed by atoms with van der Waals surface area (Å²) in [6.07, 6.45) is 0. The van der Waals surface area contributed by atoms with Crippen molar-refractivity contribution in [2.45, 2.75) is 0 Å². The molecule has 1 aromatic rings. The first kappa shape index (κ1) is 9.92. The number of aromatic carboxylic acids is 1. The van der Waals surface area contributed by atoms with E-state index in [9.17, 15) is 9.18 Å². The third-order valence-electron chi connectivity index (χ3n) is 1.40. The highest BCUT2D eigenvalue weighted by Crippen LogP contribution is 2.17. The zero-order chi connectivity index (χ0) is 10.0. The molecule has 0 aliphatic rings. The molecule has 0 radical (unpaired) electrons. The van der Waals surface area contributed by atoms with E-state index in [-0.39, 0.29) is 5.56 Å². The van der Waals surface area contributed by atoms with Crippen LogP contribution in [0.5, 0.6) is 0 Å². The molecule has 0 saturated carbocycles. The van der Waals surface area contributed by atoms with Crippen molar-refractivity contribution in [3.05, 3.63) is 32.6 Å². The highest BCUT2D eigenvalue weighted by molar-refractivity contribution is 14.1. The molecule has 1 N–H and O–H groups in total. The Morgan fingerprint density at radius 2 is 2.23 bits per heavy atom. The lowest BCUT2D eigenvalue weighted by Gasteiger charge is -2.00. The van der Waals surface area contributed by atoms with Gasteiger partial charge in [-0.25, -0.2) is 9.18 Å². The summed E-state index contributed by atoms with van der Waals surface area (Å²) < 4.78 is 13.4. The Labute approximate surface area is 86.9 Å². The molecule has 0 amide bonds. The van der Waals surface area contributed by atoms with Crippen molar-refractivity contribution in [3.63, 3.8) is 0 Å². The SMILES string of the molecule is N#Cc1c(F)cc(I)cc1C(=O)O. The summed E-state index contributed by atoms with van der Waals surface area (Å²) in [5, 5.41) is 17.1. The molecule has 0 aromatic heterocycles. The highest BCUT2D eigenvalue weighted by atomic mass is 127. The summed E-state index contributed by atoms with van der Waals surface area (Å²) in [6, 6.07) is 3.88. The van der Waals surface area contributed by atoms with Crippen LogP contribution in [-0.4, -0.2) is 11.1 Å². The standard InChI is InChI=1S/C8H3FINO2/c9-7-2-4(10)1-5(8(12)13)6(7)3-11/h1-2H,(H,12,13). The molecule has 3 nitrogen and oxygen atoms in total. The minimum atomic E-state index is -1.30. The molecule has 0 atom stereocenters. The fourth-order valence-corrected chi connectivity index (χ4v) is 1.44. The van der Waals surface area contributed by atoms with Crippen LogP contribution >= 0.6 is 22.6 Å². The molecule has 13 heavy (non-hydrogen) atoms. The molecule has 5 heteroatoms. The number of benzene rings is 1. The molecule has 0 bridgehead atoms. The van der Waals surface area contributed by atoms with Gasteiger partial charge in [-0.3, -0.25) is 0 Å². The quantitative estimate of drug-likeness (QED) is 0.805. The maximum Gasteiger partial charge on any atom is 0.337 e. The van der Waals surface area contributed by atoms with E-state index in [2.05, 4.69) is 0 Å². The van der Waals surface area contributed by atoms with Gasteiger partial charge in [0.15, 0.2) is 0 Å². The van der Waals surface area contributed by atoms with Crippen LogP contribution in [0.1, 0.15) is 15.9 Å². The van der Waals surface area contributed by atoms with E-state index in [1.54, 1.807) is 22.6 Å². The third kappa shape index (κ3) is 1.95. The maximum absolute atomic E-state index is 13.0. The van der Waals surface area contributed by atoms with Gasteiger partial charge in [-0.05, 0) is 34.7 Å². The van der Waals surface area contributed by atoms with Crippen LogP contribution in [0.4, 0.5) is 4.39 Å².